The number of hydrogen-bond acceptors (Lipinski definition) is 10. The molecule has 2 fully saturated rings. The topological polar surface area (TPSA) is 149 Å². The van der Waals surface area contributed by atoms with Crippen molar-refractivity contribution in [3.05, 3.63) is 83.7 Å². The van der Waals surface area contributed by atoms with E-state index in [0.29, 0.717) is 18.5 Å². The normalized spacial score (nSPS) is 20.9. The van der Waals surface area contributed by atoms with Gasteiger partial charge in [-0.15, -0.1) is 0 Å². The average molecular weight is 591 g/mol. The monoisotopic (exact) mass is 590 g/mol. The van der Waals surface area contributed by atoms with E-state index in [0.717, 1.165) is 55.4 Å². The standard InChI is InChI=1S/C31H38N6O6/c38-21-22-5-7-23(8-6-22)27-19-26(20-36-15-17-37(18-16-36)31-32-13-2-14-33-31)42-30(43-27)24-9-11-25(12-10-24)34-28(39)3-1-4-29(40)35-41/h2,5-14,26-27,30,38,41H,1,3-4,15-21H2,(H,34,39)(H,35,40)/t26-,27+,30+/m1/s1. The Morgan fingerprint density at radius 3 is 2.23 bits per heavy atom. The molecule has 2 aliphatic rings. The third-order valence-corrected chi connectivity index (χ3v) is 7.68. The zero-order valence-electron chi connectivity index (χ0n) is 24.0. The summed E-state index contributed by atoms with van der Waals surface area (Å²) in [5.74, 6) is 0.0216. The van der Waals surface area contributed by atoms with Gasteiger partial charge in [0.25, 0.3) is 0 Å². The minimum atomic E-state index is -0.595. The number of aliphatic hydroxyl groups is 1. The second-order valence-electron chi connectivity index (χ2n) is 10.7. The van der Waals surface area contributed by atoms with Crippen LogP contribution in [0.3, 0.4) is 0 Å². The van der Waals surface area contributed by atoms with Crippen LogP contribution >= 0.6 is 0 Å². The smallest absolute Gasteiger partial charge is 0.243 e. The second-order valence-corrected chi connectivity index (χ2v) is 10.7. The van der Waals surface area contributed by atoms with Crippen molar-refractivity contribution in [1.29, 1.82) is 0 Å². The predicted octanol–water partition coefficient (Wildman–Crippen LogP) is 2.95. The summed E-state index contributed by atoms with van der Waals surface area (Å²) in [6, 6.07) is 17.0. The number of benzene rings is 2. The Labute approximate surface area is 250 Å². The van der Waals surface area contributed by atoms with Crippen molar-refractivity contribution in [2.75, 3.05) is 42.9 Å². The van der Waals surface area contributed by atoms with E-state index >= 15 is 0 Å². The first kappa shape index (κ1) is 30.5. The minimum absolute atomic E-state index is 0.0129. The van der Waals surface area contributed by atoms with E-state index in [2.05, 4.69) is 25.1 Å². The fourth-order valence-corrected chi connectivity index (χ4v) is 5.32. The van der Waals surface area contributed by atoms with E-state index in [1.807, 2.05) is 42.5 Å². The summed E-state index contributed by atoms with van der Waals surface area (Å²) in [6.45, 7) is 4.17. The number of hydroxylamine groups is 1. The molecule has 228 valence electrons. The molecule has 2 aliphatic heterocycles. The van der Waals surface area contributed by atoms with Gasteiger partial charge in [0.2, 0.25) is 17.8 Å². The van der Waals surface area contributed by atoms with E-state index in [1.54, 1.807) is 30.0 Å². The van der Waals surface area contributed by atoms with Gasteiger partial charge in [-0.05, 0) is 35.7 Å². The largest absolute Gasteiger partial charge is 0.392 e. The molecular weight excluding hydrogens is 552 g/mol. The van der Waals surface area contributed by atoms with Gasteiger partial charge in [-0.25, -0.2) is 15.4 Å². The van der Waals surface area contributed by atoms with Crippen LogP contribution in [0.25, 0.3) is 0 Å². The summed E-state index contributed by atoms with van der Waals surface area (Å²) in [5, 5.41) is 20.9. The number of hydrogen-bond donors (Lipinski definition) is 4. The number of amides is 2. The average Bonchev–Trinajstić information content (AvgIpc) is 3.05. The number of carbonyl (C=O) groups excluding carboxylic acids is 2. The summed E-state index contributed by atoms with van der Waals surface area (Å²) in [7, 11) is 0. The van der Waals surface area contributed by atoms with Crippen molar-refractivity contribution in [1.82, 2.24) is 20.3 Å². The Bertz CT molecular complexity index is 1320. The lowest BCUT2D eigenvalue weighted by molar-refractivity contribution is -0.253. The van der Waals surface area contributed by atoms with Crippen LogP contribution in [0.15, 0.2) is 67.0 Å². The summed E-state index contributed by atoms with van der Waals surface area (Å²) in [4.78, 5) is 36.8. The van der Waals surface area contributed by atoms with Crippen molar-refractivity contribution in [3.8, 4) is 0 Å². The van der Waals surface area contributed by atoms with Gasteiger partial charge in [0.05, 0.1) is 18.8 Å². The molecule has 2 amide bonds. The van der Waals surface area contributed by atoms with Crippen LogP contribution in [0, 0.1) is 0 Å². The molecule has 43 heavy (non-hydrogen) atoms. The van der Waals surface area contributed by atoms with Gasteiger partial charge in [0, 0.05) is 75.6 Å². The fourth-order valence-electron chi connectivity index (χ4n) is 5.32. The molecule has 12 heteroatoms. The first-order chi connectivity index (χ1) is 21.0. The van der Waals surface area contributed by atoms with Crippen molar-refractivity contribution in [3.63, 3.8) is 0 Å². The number of aliphatic hydroxyl groups excluding tert-OH is 1. The lowest BCUT2D eigenvalue weighted by atomic mass is 9.99. The van der Waals surface area contributed by atoms with Crippen LogP contribution in [0.4, 0.5) is 11.6 Å². The number of piperazine rings is 1. The number of nitrogens with zero attached hydrogens (tertiary/aromatic N) is 4. The summed E-state index contributed by atoms with van der Waals surface area (Å²) >= 11 is 0. The molecule has 4 N–H and O–H groups in total. The van der Waals surface area contributed by atoms with Gasteiger partial charge >= 0.3 is 0 Å². The molecule has 2 saturated heterocycles. The Morgan fingerprint density at radius 2 is 1.56 bits per heavy atom. The number of carbonyl (C=O) groups is 2. The molecule has 5 rings (SSSR count). The first-order valence-electron chi connectivity index (χ1n) is 14.6. The Balaban J connectivity index is 1.22. The zero-order valence-corrected chi connectivity index (χ0v) is 24.0. The predicted molar refractivity (Wildman–Crippen MR) is 158 cm³/mol. The van der Waals surface area contributed by atoms with Crippen LogP contribution in [-0.2, 0) is 25.7 Å². The highest BCUT2D eigenvalue weighted by atomic mass is 16.7. The zero-order chi connectivity index (χ0) is 30.0. The van der Waals surface area contributed by atoms with Crippen LogP contribution in [0.1, 0.15) is 54.8 Å². The maximum Gasteiger partial charge on any atom is 0.243 e. The molecule has 3 atom stereocenters. The van der Waals surface area contributed by atoms with Crippen LogP contribution in [0.5, 0.6) is 0 Å². The molecule has 2 aromatic carbocycles. The Hall–Kier alpha value is -3.94. The van der Waals surface area contributed by atoms with E-state index in [4.69, 9.17) is 14.7 Å². The molecule has 1 aromatic heterocycles. The molecule has 3 aromatic rings. The Kier molecular flexibility index (Phi) is 10.6. The van der Waals surface area contributed by atoms with E-state index in [-0.39, 0.29) is 37.6 Å². The molecule has 12 nitrogen and oxygen atoms in total. The maximum absolute atomic E-state index is 12.3. The van der Waals surface area contributed by atoms with Gasteiger partial charge in [0.15, 0.2) is 6.29 Å². The molecule has 0 radical (unpaired) electrons. The summed E-state index contributed by atoms with van der Waals surface area (Å²) in [6.07, 6.45) is 3.93. The number of rotatable bonds is 11. The lowest BCUT2D eigenvalue weighted by Gasteiger charge is -2.40. The van der Waals surface area contributed by atoms with Crippen molar-refractivity contribution >= 4 is 23.5 Å². The van der Waals surface area contributed by atoms with Gasteiger partial charge in [0.1, 0.15) is 0 Å². The van der Waals surface area contributed by atoms with Crippen LogP contribution < -0.4 is 15.7 Å². The SMILES string of the molecule is O=C(CCCC(=O)Nc1ccc([C@H]2O[C@@H](CN3CCN(c4ncccn4)CC3)C[C@@H](c3ccc(CO)cc3)O2)cc1)NO. The van der Waals surface area contributed by atoms with E-state index < -0.39 is 12.2 Å². The molecule has 0 saturated carbocycles. The number of nitrogens with one attached hydrogen (secondary N) is 2. The van der Waals surface area contributed by atoms with Gasteiger partial charge in [-0.1, -0.05) is 36.4 Å². The number of ether oxygens (including phenoxy) is 2. The highest BCUT2D eigenvalue weighted by Gasteiger charge is 2.34. The second kappa shape index (κ2) is 15.0. The quantitative estimate of drug-likeness (QED) is 0.194. The first-order valence-corrected chi connectivity index (χ1v) is 14.6. The third-order valence-electron chi connectivity index (χ3n) is 7.68. The highest BCUT2D eigenvalue weighted by Crippen LogP contribution is 2.38. The molecule has 3 heterocycles. The molecule has 0 aliphatic carbocycles. The Morgan fingerprint density at radius 1 is 0.884 bits per heavy atom. The molecule has 0 unspecified atom stereocenters. The van der Waals surface area contributed by atoms with Crippen LogP contribution in [-0.4, -0.2) is 75.8 Å². The van der Waals surface area contributed by atoms with Gasteiger partial charge < -0.3 is 24.8 Å². The maximum atomic E-state index is 12.3. The molecule has 0 spiro atoms. The molecular formula is C31H38N6O6. The summed E-state index contributed by atoms with van der Waals surface area (Å²) in [5.41, 5.74) is 4.91. The van der Waals surface area contributed by atoms with E-state index in [1.165, 1.54) is 0 Å². The van der Waals surface area contributed by atoms with E-state index in [9.17, 15) is 14.7 Å². The van der Waals surface area contributed by atoms with Gasteiger partial charge in [-0.2, -0.15) is 0 Å². The third kappa shape index (κ3) is 8.55. The minimum Gasteiger partial charge on any atom is -0.392 e. The van der Waals surface area contributed by atoms with Gasteiger partial charge in [-0.3, -0.25) is 19.7 Å². The van der Waals surface area contributed by atoms with Crippen molar-refractivity contribution in [2.24, 2.45) is 0 Å². The fraction of sp³-hybridized carbons (Fsp3) is 0.419. The summed E-state index contributed by atoms with van der Waals surface area (Å²) < 4.78 is 13.0. The lowest BCUT2D eigenvalue weighted by Crippen LogP contribution is -2.50. The number of aromatic nitrogens is 2. The van der Waals surface area contributed by atoms with Crippen molar-refractivity contribution in [2.45, 2.75) is 50.8 Å². The highest BCUT2D eigenvalue weighted by molar-refractivity contribution is 5.91. The number of anilines is 2. The van der Waals surface area contributed by atoms with Crippen LogP contribution in [0.2, 0.25) is 0 Å². The molecule has 0 bridgehead atoms. The van der Waals surface area contributed by atoms with Crippen molar-refractivity contribution < 1.29 is 29.4 Å².